The fourth-order valence-corrected chi connectivity index (χ4v) is 1.36. The van der Waals surface area contributed by atoms with Gasteiger partial charge in [0.2, 0.25) is 0 Å². The minimum atomic E-state index is -0.935. The van der Waals surface area contributed by atoms with Crippen LogP contribution in [0, 0.1) is 11.3 Å². The lowest BCUT2D eigenvalue weighted by Crippen LogP contribution is -2.35. The lowest BCUT2D eigenvalue weighted by molar-refractivity contribution is -0.133. The number of aliphatic hydroxyl groups excluding tert-OH is 2. The monoisotopic (exact) mass is 332 g/mol. The highest BCUT2D eigenvalue weighted by Gasteiger charge is 2.31. The van der Waals surface area contributed by atoms with Gasteiger partial charge in [0.05, 0.1) is 13.2 Å². The first-order chi connectivity index (χ1) is 10.4. The molecule has 4 N–H and O–H groups in total. The standard InChI is InChI=1S/C9H20O2.2C4H6O2/c1-4-5-9(6-10,7-11)8(2)3;2*1-3(2)4(5)6/h8,10-11H,4-7H2,1-3H3;2*1H2,2H3,(H,5,6). The number of carbonyl (C=O) groups is 2. The van der Waals surface area contributed by atoms with Crippen molar-refractivity contribution in [2.24, 2.45) is 11.3 Å². The summed E-state index contributed by atoms with van der Waals surface area (Å²) in [6.45, 7) is 15.5. The van der Waals surface area contributed by atoms with Crippen molar-refractivity contribution in [3.8, 4) is 0 Å². The average molecular weight is 332 g/mol. The first kappa shape index (κ1) is 26.2. The zero-order chi connectivity index (χ0) is 19.2. The van der Waals surface area contributed by atoms with Gasteiger partial charge in [-0.3, -0.25) is 0 Å². The maximum absolute atomic E-state index is 9.60. The normalized spacial score (nSPS) is 9.91. The molecule has 136 valence electrons. The maximum Gasteiger partial charge on any atom is 0.330 e. The van der Waals surface area contributed by atoms with Crippen LogP contribution in [-0.2, 0) is 9.59 Å². The van der Waals surface area contributed by atoms with Crippen LogP contribution in [0.1, 0.15) is 47.5 Å². The number of aliphatic carboxylic acids is 2. The summed E-state index contributed by atoms with van der Waals surface area (Å²) in [6, 6.07) is 0. The molecule has 6 heteroatoms. The molecule has 0 aromatic rings. The van der Waals surface area contributed by atoms with Crippen molar-refractivity contribution < 1.29 is 30.0 Å². The van der Waals surface area contributed by atoms with E-state index in [1.54, 1.807) is 0 Å². The third kappa shape index (κ3) is 13.7. The van der Waals surface area contributed by atoms with Crippen molar-refractivity contribution in [1.82, 2.24) is 0 Å². The molecule has 0 fully saturated rings. The Labute approximate surface area is 139 Å². The van der Waals surface area contributed by atoms with Gasteiger partial charge in [0.1, 0.15) is 0 Å². The Morgan fingerprint density at radius 1 is 0.957 bits per heavy atom. The Balaban J connectivity index is -0.000000284. The predicted molar refractivity (Wildman–Crippen MR) is 91.3 cm³/mol. The molecule has 0 atom stereocenters. The third-order valence-corrected chi connectivity index (χ3v) is 3.33. The Morgan fingerprint density at radius 2 is 1.22 bits per heavy atom. The van der Waals surface area contributed by atoms with E-state index in [-0.39, 0.29) is 29.8 Å². The highest BCUT2D eigenvalue weighted by atomic mass is 16.4. The van der Waals surface area contributed by atoms with Crippen LogP contribution in [0.2, 0.25) is 0 Å². The van der Waals surface area contributed by atoms with E-state index in [0.29, 0.717) is 5.92 Å². The molecule has 0 saturated carbocycles. The van der Waals surface area contributed by atoms with Crippen LogP contribution in [0.25, 0.3) is 0 Å². The Kier molecular flexibility index (Phi) is 15.9. The number of aliphatic hydroxyl groups is 2. The average Bonchev–Trinajstić information content (AvgIpc) is 2.45. The van der Waals surface area contributed by atoms with E-state index in [1.807, 2.05) is 13.8 Å². The number of hydrogen-bond donors (Lipinski definition) is 4. The van der Waals surface area contributed by atoms with Gasteiger partial charge >= 0.3 is 11.9 Å². The summed E-state index contributed by atoms with van der Waals surface area (Å²) in [5, 5.41) is 34.0. The van der Waals surface area contributed by atoms with Crippen LogP contribution in [0.4, 0.5) is 0 Å². The zero-order valence-electron chi connectivity index (χ0n) is 14.9. The van der Waals surface area contributed by atoms with Crippen molar-refractivity contribution >= 4 is 11.9 Å². The van der Waals surface area contributed by atoms with Crippen molar-refractivity contribution in [3.05, 3.63) is 24.3 Å². The van der Waals surface area contributed by atoms with Gasteiger partial charge in [-0.2, -0.15) is 0 Å². The molecule has 0 unspecified atom stereocenters. The number of carboxylic acids is 2. The maximum atomic E-state index is 9.60. The predicted octanol–water partition coefficient (Wildman–Crippen LogP) is 2.71. The van der Waals surface area contributed by atoms with Crippen LogP contribution >= 0.6 is 0 Å². The Bertz CT molecular complexity index is 333. The van der Waals surface area contributed by atoms with E-state index in [4.69, 9.17) is 20.4 Å². The summed E-state index contributed by atoms with van der Waals surface area (Å²) in [7, 11) is 0. The third-order valence-electron chi connectivity index (χ3n) is 3.33. The highest BCUT2D eigenvalue weighted by Crippen LogP contribution is 2.31. The summed E-state index contributed by atoms with van der Waals surface area (Å²) in [5.74, 6) is -1.53. The zero-order valence-corrected chi connectivity index (χ0v) is 14.9. The van der Waals surface area contributed by atoms with Crippen molar-refractivity contribution in [1.29, 1.82) is 0 Å². The minimum Gasteiger partial charge on any atom is -0.478 e. The van der Waals surface area contributed by atoms with E-state index in [9.17, 15) is 9.59 Å². The smallest absolute Gasteiger partial charge is 0.330 e. The summed E-state index contributed by atoms with van der Waals surface area (Å²) >= 11 is 0. The van der Waals surface area contributed by atoms with Crippen molar-refractivity contribution in [3.63, 3.8) is 0 Å². The molecular weight excluding hydrogens is 300 g/mol. The molecule has 0 radical (unpaired) electrons. The summed E-state index contributed by atoms with van der Waals surface area (Å²) in [5.41, 5.74) is 0.0966. The van der Waals surface area contributed by atoms with E-state index >= 15 is 0 Å². The molecule has 23 heavy (non-hydrogen) atoms. The van der Waals surface area contributed by atoms with Crippen LogP contribution < -0.4 is 0 Å². The van der Waals surface area contributed by atoms with Crippen LogP contribution in [0.5, 0.6) is 0 Å². The quantitative estimate of drug-likeness (QED) is 0.533. The van der Waals surface area contributed by atoms with E-state index in [2.05, 4.69) is 20.1 Å². The molecule has 0 spiro atoms. The van der Waals surface area contributed by atoms with Gasteiger partial charge < -0.3 is 20.4 Å². The number of hydrogen-bond acceptors (Lipinski definition) is 4. The fraction of sp³-hybridized carbons (Fsp3) is 0.647. The summed E-state index contributed by atoms with van der Waals surface area (Å²) in [4.78, 5) is 19.2. The van der Waals surface area contributed by atoms with Gasteiger partial charge in [-0.25, -0.2) is 9.59 Å². The Hall–Kier alpha value is -1.66. The number of rotatable bonds is 7. The summed E-state index contributed by atoms with van der Waals surface area (Å²) < 4.78 is 0. The molecule has 6 nitrogen and oxygen atoms in total. The molecular formula is C17H32O6. The van der Waals surface area contributed by atoms with Gasteiger partial charge in [0.25, 0.3) is 0 Å². The van der Waals surface area contributed by atoms with E-state index < -0.39 is 11.9 Å². The molecule has 0 aliphatic rings. The van der Waals surface area contributed by atoms with Gasteiger partial charge in [-0.15, -0.1) is 0 Å². The van der Waals surface area contributed by atoms with Crippen molar-refractivity contribution in [2.45, 2.75) is 47.5 Å². The minimum absolute atomic E-state index is 0.0923. The molecule has 0 aromatic heterocycles. The van der Waals surface area contributed by atoms with Crippen LogP contribution in [0.15, 0.2) is 24.3 Å². The second-order valence-corrected chi connectivity index (χ2v) is 5.75. The number of carboxylic acid groups (broad SMARTS) is 2. The molecule has 0 aliphatic heterocycles. The molecule has 0 rings (SSSR count). The first-order valence-electron chi connectivity index (χ1n) is 7.41. The van der Waals surface area contributed by atoms with Crippen molar-refractivity contribution in [2.75, 3.05) is 13.2 Å². The molecule has 0 aliphatic carbocycles. The fourth-order valence-electron chi connectivity index (χ4n) is 1.36. The van der Waals surface area contributed by atoms with Gasteiger partial charge in [-0.1, -0.05) is 40.3 Å². The van der Waals surface area contributed by atoms with E-state index in [0.717, 1.165) is 12.8 Å². The SMILES string of the molecule is C=C(C)C(=O)O.C=C(C)C(=O)O.CCCC(CO)(CO)C(C)C. The van der Waals surface area contributed by atoms with Gasteiger partial charge in [0, 0.05) is 16.6 Å². The van der Waals surface area contributed by atoms with E-state index in [1.165, 1.54) is 13.8 Å². The molecule has 0 amide bonds. The van der Waals surface area contributed by atoms with Gasteiger partial charge in [-0.05, 0) is 26.2 Å². The second kappa shape index (κ2) is 14.0. The molecule has 0 aromatic carbocycles. The molecule has 0 heterocycles. The highest BCUT2D eigenvalue weighted by molar-refractivity contribution is 5.85. The molecule has 0 saturated heterocycles. The largest absolute Gasteiger partial charge is 0.478 e. The Morgan fingerprint density at radius 3 is 1.26 bits per heavy atom. The van der Waals surface area contributed by atoms with Crippen LogP contribution in [0.3, 0.4) is 0 Å². The van der Waals surface area contributed by atoms with Crippen LogP contribution in [-0.4, -0.2) is 45.6 Å². The molecule has 0 bridgehead atoms. The second-order valence-electron chi connectivity index (χ2n) is 5.75. The topological polar surface area (TPSA) is 115 Å². The first-order valence-corrected chi connectivity index (χ1v) is 7.41. The lowest BCUT2D eigenvalue weighted by Gasteiger charge is -2.33. The van der Waals surface area contributed by atoms with Gasteiger partial charge in [0.15, 0.2) is 0 Å². The lowest BCUT2D eigenvalue weighted by atomic mass is 9.75. The summed E-state index contributed by atoms with van der Waals surface area (Å²) in [6.07, 6.45) is 1.91.